The highest BCUT2D eigenvalue weighted by Gasteiger charge is 2.13. The number of nitrogens with zero attached hydrogens (tertiary/aromatic N) is 3. The van der Waals surface area contributed by atoms with E-state index in [1.54, 1.807) is 0 Å². The summed E-state index contributed by atoms with van der Waals surface area (Å²) < 4.78 is 1.06. The van der Waals surface area contributed by atoms with Gasteiger partial charge in [0.05, 0.1) is 6.04 Å². The number of benzene rings is 1. The number of nitrogens with two attached hydrogens (primary N) is 1. The van der Waals surface area contributed by atoms with Crippen LogP contribution in [0.2, 0.25) is 0 Å². The number of nitrogens with one attached hydrogen (secondary N) is 1. The van der Waals surface area contributed by atoms with Gasteiger partial charge in [0.2, 0.25) is 0 Å². The molecule has 5 nitrogen and oxygen atoms in total. The summed E-state index contributed by atoms with van der Waals surface area (Å²) in [4.78, 5) is 0. The molecule has 0 saturated heterocycles. The number of tetrazole rings is 1. The highest BCUT2D eigenvalue weighted by molar-refractivity contribution is 9.10. The summed E-state index contributed by atoms with van der Waals surface area (Å²) in [5.74, 6) is 0.497. The molecule has 3 N–H and O–H groups in total. The summed E-state index contributed by atoms with van der Waals surface area (Å²) in [7, 11) is 0. The van der Waals surface area contributed by atoms with Crippen molar-refractivity contribution >= 4 is 15.9 Å². The van der Waals surface area contributed by atoms with Crippen LogP contribution in [-0.4, -0.2) is 20.6 Å². The topological polar surface area (TPSA) is 80.5 Å². The lowest BCUT2D eigenvalue weighted by molar-refractivity contribution is 0.784. The van der Waals surface area contributed by atoms with E-state index in [4.69, 9.17) is 5.73 Å². The van der Waals surface area contributed by atoms with Gasteiger partial charge in [-0.15, -0.1) is 10.2 Å². The average molecular weight is 268 g/mol. The number of hydrogen-bond donors (Lipinski definition) is 2. The maximum absolute atomic E-state index is 5.98. The van der Waals surface area contributed by atoms with Crippen molar-refractivity contribution in [3.8, 4) is 0 Å². The first-order valence-electron chi connectivity index (χ1n) is 4.43. The molecule has 0 aliphatic heterocycles. The first-order valence-corrected chi connectivity index (χ1v) is 5.23. The lowest BCUT2D eigenvalue weighted by atomic mass is 10.1. The molecule has 2 aromatic rings. The van der Waals surface area contributed by atoms with Crippen LogP contribution in [0.25, 0.3) is 0 Å². The Morgan fingerprint density at radius 1 is 1.47 bits per heavy atom. The molecule has 0 saturated carbocycles. The van der Waals surface area contributed by atoms with E-state index >= 15 is 0 Å². The van der Waals surface area contributed by atoms with E-state index in [0.717, 1.165) is 15.6 Å². The average Bonchev–Trinajstić information content (AvgIpc) is 2.74. The molecular formula is C9H10BrN5. The number of halogens is 1. The number of aromatic nitrogens is 4. The minimum atomic E-state index is -0.337. The zero-order valence-corrected chi connectivity index (χ0v) is 9.69. The highest BCUT2D eigenvalue weighted by atomic mass is 79.9. The van der Waals surface area contributed by atoms with Crippen molar-refractivity contribution in [1.82, 2.24) is 20.6 Å². The third-order valence-corrected chi connectivity index (χ3v) is 3.07. The first-order chi connectivity index (χ1) is 7.18. The molecule has 1 unspecified atom stereocenters. The van der Waals surface area contributed by atoms with E-state index in [9.17, 15) is 0 Å². The molecule has 1 atom stereocenters. The molecule has 0 aliphatic rings. The van der Waals surface area contributed by atoms with Crippen LogP contribution in [0.5, 0.6) is 0 Å². The van der Waals surface area contributed by atoms with Gasteiger partial charge in [-0.1, -0.05) is 33.3 Å². The maximum atomic E-state index is 5.98. The Labute approximate surface area is 95.2 Å². The Morgan fingerprint density at radius 2 is 2.27 bits per heavy atom. The Hall–Kier alpha value is -1.27. The fourth-order valence-electron chi connectivity index (χ4n) is 1.31. The van der Waals surface area contributed by atoms with Crippen molar-refractivity contribution in [3.05, 3.63) is 39.6 Å². The molecule has 1 heterocycles. The Balaban J connectivity index is 2.34. The second-order valence-electron chi connectivity index (χ2n) is 3.26. The highest BCUT2D eigenvalue weighted by Crippen LogP contribution is 2.22. The summed E-state index contributed by atoms with van der Waals surface area (Å²) in [5, 5.41) is 13.6. The van der Waals surface area contributed by atoms with Gasteiger partial charge in [0.1, 0.15) is 0 Å². The van der Waals surface area contributed by atoms with Crippen molar-refractivity contribution in [2.75, 3.05) is 0 Å². The molecule has 0 radical (unpaired) electrons. The van der Waals surface area contributed by atoms with Gasteiger partial charge in [0.15, 0.2) is 5.82 Å². The van der Waals surface area contributed by atoms with Crippen LogP contribution in [0.4, 0.5) is 0 Å². The van der Waals surface area contributed by atoms with Gasteiger partial charge >= 0.3 is 0 Å². The van der Waals surface area contributed by atoms with E-state index in [0.29, 0.717) is 5.82 Å². The van der Waals surface area contributed by atoms with Crippen LogP contribution in [0, 0.1) is 6.92 Å². The Bertz CT molecular complexity index is 454. The molecule has 0 bridgehead atoms. The Kier molecular flexibility index (Phi) is 2.79. The first kappa shape index (κ1) is 10.3. The van der Waals surface area contributed by atoms with Gasteiger partial charge in [-0.3, -0.25) is 0 Å². The van der Waals surface area contributed by atoms with Crippen LogP contribution < -0.4 is 5.73 Å². The largest absolute Gasteiger partial charge is 0.318 e. The van der Waals surface area contributed by atoms with Gasteiger partial charge in [-0.25, -0.2) is 0 Å². The molecule has 0 fully saturated rings. The van der Waals surface area contributed by atoms with Gasteiger partial charge in [-0.2, -0.15) is 5.21 Å². The van der Waals surface area contributed by atoms with Crippen LogP contribution in [0.1, 0.15) is 23.0 Å². The third-order valence-electron chi connectivity index (χ3n) is 2.18. The summed E-state index contributed by atoms with van der Waals surface area (Å²) in [5.41, 5.74) is 8.08. The molecule has 0 aliphatic carbocycles. The smallest absolute Gasteiger partial charge is 0.195 e. The van der Waals surface area contributed by atoms with Crippen LogP contribution in [0.3, 0.4) is 0 Å². The van der Waals surface area contributed by atoms with Crippen molar-refractivity contribution in [1.29, 1.82) is 0 Å². The Morgan fingerprint density at radius 3 is 2.87 bits per heavy atom. The minimum Gasteiger partial charge on any atom is -0.318 e. The van der Waals surface area contributed by atoms with E-state index in [1.165, 1.54) is 0 Å². The van der Waals surface area contributed by atoms with Crippen LogP contribution >= 0.6 is 15.9 Å². The lowest BCUT2D eigenvalue weighted by Gasteiger charge is -2.08. The summed E-state index contributed by atoms with van der Waals surface area (Å²) >= 11 is 3.44. The number of H-pyrrole nitrogens is 1. The van der Waals surface area contributed by atoms with E-state index < -0.39 is 0 Å². The molecular weight excluding hydrogens is 258 g/mol. The van der Waals surface area contributed by atoms with E-state index in [-0.39, 0.29) is 6.04 Å². The molecule has 6 heteroatoms. The fraction of sp³-hybridized carbons (Fsp3) is 0.222. The van der Waals surface area contributed by atoms with Gasteiger partial charge in [0, 0.05) is 4.47 Å². The van der Waals surface area contributed by atoms with Crippen molar-refractivity contribution in [2.45, 2.75) is 13.0 Å². The normalized spacial score (nSPS) is 12.7. The van der Waals surface area contributed by atoms with Crippen LogP contribution in [0.15, 0.2) is 22.7 Å². The SMILES string of the molecule is Cc1cc(C(N)c2nn[nH]n2)ccc1Br. The number of aromatic amines is 1. The predicted octanol–water partition coefficient (Wildman–Crippen LogP) is 1.32. The van der Waals surface area contributed by atoms with E-state index in [2.05, 4.69) is 36.6 Å². The zero-order chi connectivity index (χ0) is 10.8. The monoisotopic (exact) mass is 267 g/mol. The zero-order valence-electron chi connectivity index (χ0n) is 8.11. The summed E-state index contributed by atoms with van der Waals surface area (Å²) in [6, 6.07) is 5.57. The molecule has 0 spiro atoms. The van der Waals surface area contributed by atoms with Gasteiger partial charge in [0.25, 0.3) is 0 Å². The standard InChI is InChI=1S/C9H10BrN5/c1-5-4-6(2-3-7(5)10)8(11)9-12-14-15-13-9/h2-4,8H,11H2,1H3,(H,12,13,14,15). The van der Waals surface area contributed by atoms with Gasteiger partial charge < -0.3 is 5.73 Å². The van der Waals surface area contributed by atoms with Gasteiger partial charge in [-0.05, 0) is 24.1 Å². The third kappa shape index (κ3) is 2.05. The summed E-state index contributed by atoms with van der Waals surface area (Å²) in [6.07, 6.45) is 0. The van der Waals surface area contributed by atoms with Crippen molar-refractivity contribution in [3.63, 3.8) is 0 Å². The summed E-state index contributed by atoms with van der Waals surface area (Å²) in [6.45, 7) is 2.01. The van der Waals surface area contributed by atoms with Crippen molar-refractivity contribution in [2.24, 2.45) is 5.73 Å². The minimum absolute atomic E-state index is 0.337. The van der Waals surface area contributed by atoms with Crippen LogP contribution in [-0.2, 0) is 0 Å². The molecule has 78 valence electrons. The lowest BCUT2D eigenvalue weighted by Crippen LogP contribution is -2.13. The second kappa shape index (κ2) is 4.08. The molecule has 2 rings (SSSR count). The molecule has 0 amide bonds. The predicted molar refractivity (Wildman–Crippen MR) is 59.1 cm³/mol. The number of aryl methyl sites for hydroxylation is 1. The molecule has 15 heavy (non-hydrogen) atoms. The maximum Gasteiger partial charge on any atom is 0.195 e. The molecule has 1 aromatic carbocycles. The fourth-order valence-corrected chi connectivity index (χ4v) is 1.56. The second-order valence-corrected chi connectivity index (χ2v) is 4.11. The quantitative estimate of drug-likeness (QED) is 0.860. The number of rotatable bonds is 2. The van der Waals surface area contributed by atoms with E-state index in [1.807, 2.05) is 25.1 Å². The van der Waals surface area contributed by atoms with Crippen molar-refractivity contribution < 1.29 is 0 Å². The molecule has 1 aromatic heterocycles. The number of hydrogen-bond acceptors (Lipinski definition) is 4.